The number of hydrogen-bond donors (Lipinski definition) is 1. The van der Waals surface area contributed by atoms with E-state index in [0.29, 0.717) is 31.3 Å². The second kappa shape index (κ2) is 8.84. The summed E-state index contributed by atoms with van der Waals surface area (Å²) in [6.07, 6.45) is 3.60. The lowest BCUT2D eigenvalue weighted by Crippen LogP contribution is -2.56. The van der Waals surface area contributed by atoms with Crippen molar-refractivity contribution in [3.63, 3.8) is 0 Å². The van der Waals surface area contributed by atoms with Gasteiger partial charge in [0, 0.05) is 36.7 Å². The van der Waals surface area contributed by atoms with Crippen molar-refractivity contribution in [2.24, 2.45) is 5.92 Å². The molecule has 1 N–H and O–H groups in total. The minimum Gasteiger partial charge on any atom is -0.470 e. The van der Waals surface area contributed by atoms with E-state index in [-0.39, 0.29) is 29.8 Å². The number of aromatic nitrogens is 3. The second-order valence-corrected chi connectivity index (χ2v) is 9.23. The Labute approximate surface area is 193 Å². The van der Waals surface area contributed by atoms with Crippen LogP contribution in [0, 0.1) is 5.92 Å². The van der Waals surface area contributed by atoms with Crippen LogP contribution in [0.15, 0.2) is 42.6 Å². The number of ether oxygens (including phenoxy) is 1. The molecular formula is C25H29N5O3. The number of piperidine rings is 1. The smallest absolute Gasteiger partial charge is 0.289 e. The van der Waals surface area contributed by atoms with Gasteiger partial charge in [-0.3, -0.25) is 9.59 Å². The molecule has 2 aliphatic rings. The lowest BCUT2D eigenvalue weighted by Gasteiger charge is -2.39. The summed E-state index contributed by atoms with van der Waals surface area (Å²) in [6.45, 7) is 6.38. The topological polar surface area (TPSA) is 91.4 Å². The summed E-state index contributed by atoms with van der Waals surface area (Å²) < 4.78 is 6.21. The lowest BCUT2D eigenvalue weighted by molar-refractivity contribution is -0.135. The van der Waals surface area contributed by atoms with Gasteiger partial charge in [0.1, 0.15) is 6.10 Å². The van der Waals surface area contributed by atoms with Crippen LogP contribution in [0.2, 0.25) is 0 Å². The molecule has 172 valence electrons. The number of carbonyl (C=O) groups excluding carboxylic acids is 2. The Kier molecular flexibility index (Phi) is 5.74. The Morgan fingerprint density at radius 2 is 1.91 bits per heavy atom. The summed E-state index contributed by atoms with van der Waals surface area (Å²) in [5.41, 5.74) is 2.68. The third-order valence-electron chi connectivity index (χ3n) is 6.47. The fourth-order valence-corrected chi connectivity index (χ4v) is 4.65. The maximum Gasteiger partial charge on any atom is 0.289 e. The number of para-hydroxylation sites is 2. The van der Waals surface area contributed by atoms with Crippen molar-refractivity contribution in [1.29, 1.82) is 0 Å². The molecule has 1 atom stereocenters. The largest absolute Gasteiger partial charge is 0.470 e. The summed E-state index contributed by atoms with van der Waals surface area (Å²) in [5, 5.41) is 0. The fraction of sp³-hybridized carbons (Fsp3) is 0.440. The molecule has 2 aliphatic heterocycles. The zero-order valence-electron chi connectivity index (χ0n) is 19.0. The molecule has 2 saturated heterocycles. The number of likely N-dealkylation sites (tertiary alicyclic amines) is 2. The highest BCUT2D eigenvalue weighted by atomic mass is 16.5. The highest BCUT2D eigenvalue weighted by Crippen LogP contribution is 2.33. The van der Waals surface area contributed by atoms with Gasteiger partial charge in [-0.05, 0) is 31.0 Å². The molecule has 0 bridgehead atoms. The van der Waals surface area contributed by atoms with Crippen molar-refractivity contribution in [1.82, 2.24) is 24.8 Å². The molecule has 2 fully saturated rings. The molecule has 2 amide bonds. The van der Waals surface area contributed by atoms with Crippen LogP contribution in [0.4, 0.5) is 0 Å². The number of aromatic amines is 1. The van der Waals surface area contributed by atoms with Crippen molar-refractivity contribution in [3.8, 4) is 5.88 Å². The number of hydrogen-bond acceptors (Lipinski definition) is 5. The zero-order valence-corrected chi connectivity index (χ0v) is 19.0. The highest BCUT2D eigenvalue weighted by Gasteiger charge is 2.36. The average Bonchev–Trinajstić information content (AvgIpc) is 3.25. The van der Waals surface area contributed by atoms with Gasteiger partial charge in [-0.15, -0.1) is 0 Å². The third-order valence-corrected chi connectivity index (χ3v) is 6.47. The number of fused-ring (bicyclic) bond motifs is 1. The standard InChI is InChI=1S/C25H29N5O3/c1-16(2)24(31)29-12-6-7-17(13-29)19-8-5-11-26-23(19)33-18-14-30(15-18)25(32)22-27-20-9-3-4-10-21(20)28-22/h3-5,8-11,16-18H,6-7,12-15H2,1-2H3,(H,27,28)/t17-/m1/s1. The van der Waals surface area contributed by atoms with E-state index in [0.717, 1.165) is 36.0 Å². The van der Waals surface area contributed by atoms with Gasteiger partial charge in [0.05, 0.1) is 24.1 Å². The van der Waals surface area contributed by atoms with Gasteiger partial charge in [-0.25, -0.2) is 9.97 Å². The first-order chi connectivity index (χ1) is 16.0. The number of carbonyl (C=O) groups is 2. The quantitative estimate of drug-likeness (QED) is 0.648. The number of benzene rings is 1. The first-order valence-electron chi connectivity index (χ1n) is 11.6. The summed E-state index contributed by atoms with van der Waals surface area (Å²) in [4.78, 5) is 41.0. The molecule has 5 rings (SSSR count). The van der Waals surface area contributed by atoms with E-state index in [1.165, 1.54) is 0 Å². The van der Waals surface area contributed by atoms with Crippen LogP contribution in [-0.2, 0) is 4.79 Å². The number of H-pyrrole nitrogens is 1. The minimum atomic E-state index is -0.123. The van der Waals surface area contributed by atoms with E-state index in [9.17, 15) is 9.59 Å². The normalized spacial score (nSPS) is 19.1. The molecule has 0 spiro atoms. The zero-order chi connectivity index (χ0) is 22.9. The number of pyridine rings is 1. The van der Waals surface area contributed by atoms with Crippen molar-refractivity contribution in [2.75, 3.05) is 26.2 Å². The van der Waals surface area contributed by atoms with Crippen LogP contribution < -0.4 is 4.74 Å². The van der Waals surface area contributed by atoms with Gasteiger partial charge in [0.2, 0.25) is 11.8 Å². The van der Waals surface area contributed by atoms with Crippen LogP contribution in [0.5, 0.6) is 5.88 Å². The molecule has 8 heteroatoms. The van der Waals surface area contributed by atoms with Crippen LogP contribution in [-0.4, -0.2) is 68.8 Å². The third kappa shape index (κ3) is 4.29. The molecule has 1 aromatic carbocycles. The van der Waals surface area contributed by atoms with Gasteiger partial charge in [0.15, 0.2) is 5.82 Å². The number of nitrogens with one attached hydrogen (secondary N) is 1. The maximum atomic E-state index is 12.8. The van der Waals surface area contributed by atoms with Crippen LogP contribution in [0.25, 0.3) is 11.0 Å². The minimum absolute atomic E-state index is 0.00128. The van der Waals surface area contributed by atoms with E-state index in [2.05, 4.69) is 15.0 Å². The van der Waals surface area contributed by atoms with E-state index in [4.69, 9.17) is 4.74 Å². The lowest BCUT2D eigenvalue weighted by atomic mass is 9.90. The Bertz CT molecular complexity index is 1130. The molecule has 4 heterocycles. The van der Waals surface area contributed by atoms with Crippen LogP contribution in [0.1, 0.15) is 48.8 Å². The van der Waals surface area contributed by atoms with Gasteiger partial charge in [-0.2, -0.15) is 0 Å². The Balaban J connectivity index is 1.22. The Hall–Kier alpha value is -3.42. The van der Waals surface area contributed by atoms with Gasteiger partial charge < -0.3 is 19.5 Å². The molecule has 3 aromatic rings. The molecule has 0 aliphatic carbocycles. The summed E-state index contributed by atoms with van der Waals surface area (Å²) in [7, 11) is 0. The van der Waals surface area contributed by atoms with Crippen molar-refractivity contribution in [2.45, 2.75) is 38.7 Å². The first-order valence-corrected chi connectivity index (χ1v) is 11.6. The van der Waals surface area contributed by atoms with Crippen molar-refractivity contribution in [3.05, 3.63) is 54.0 Å². The van der Waals surface area contributed by atoms with E-state index >= 15 is 0 Å². The fourth-order valence-electron chi connectivity index (χ4n) is 4.65. The average molecular weight is 448 g/mol. The van der Waals surface area contributed by atoms with Crippen LogP contribution in [0.3, 0.4) is 0 Å². The van der Waals surface area contributed by atoms with Gasteiger partial charge in [0.25, 0.3) is 5.91 Å². The number of imidazole rings is 1. The maximum absolute atomic E-state index is 12.8. The molecule has 2 aromatic heterocycles. The molecule has 8 nitrogen and oxygen atoms in total. The van der Waals surface area contributed by atoms with E-state index < -0.39 is 0 Å². The monoisotopic (exact) mass is 447 g/mol. The van der Waals surface area contributed by atoms with Crippen molar-refractivity contribution < 1.29 is 14.3 Å². The van der Waals surface area contributed by atoms with E-state index in [1.807, 2.05) is 55.1 Å². The number of amides is 2. The Morgan fingerprint density at radius 3 is 2.70 bits per heavy atom. The number of rotatable bonds is 5. The number of nitrogens with zero attached hydrogens (tertiary/aromatic N) is 4. The molecular weight excluding hydrogens is 418 g/mol. The molecule has 0 unspecified atom stereocenters. The second-order valence-electron chi connectivity index (χ2n) is 9.23. The molecule has 33 heavy (non-hydrogen) atoms. The SMILES string of the molecule is CC(C)C(=O)N1CCC[C@@H](c2cccnc2OC2CN(C(=O)c3nc4ccccc4[nH]3)C2)C1. The molecule has 0 radical (unpaired) electrons. The van der Waals surface area contributed by atoms with E-state index in [1.54, 1.807) is 11.1 Å². The van der Waals surface area contributed by atoms with Gasteiger partial charge >= 0.3 is 0 Å². The predicted octanol–water partition coefficient (Wildman–Crippen LogP) is 3.22. The highest BCUT2D eigenvalue weighted by molar-refractivity contribution is 5.94. The Morgan fingerprint density at radius 1 is 1.09 bits per heavy atom. The molecule has 0 saturated carbocycles. The first kappa shape index (κ1) is 21.4. The summed E-state index contributed by atoms with van der Waals surface area (Å²) in [5.74, 6) is 1.25. The predicted molar refractivity (Wildman–Crippen MR) is 124 cm³/mol. The van der Waals surface area contributed by atoms with Crippen LogP contribution >= 0.6 is 0 Å². The van der Waals surface area contributed by atoms with Crippen molar-refractivity contribution >= 4 is 22.8 Å². The van der Waals surface area contributed by atoms with Gasteiger partial charge in [-0.1, -0.05) is 32.0 Å². The summed E-state index contributed by atoms with van der Waals surface area (Å²) >= 11 is 0. The summed E-state index contributed by atoms with van der Waals surface area (Å²) in [6, 6.07) is 11.6.